The van der Waals surface area contributed by atoms with Gasteiger partial charge >= 0.3 is 0 Å². The highest BCUT2D eigenvalue weighted by atomic mass is 35.5. The summed E-state index contributed by atoms with van der Waals surface area (Å²) in [5.41, 5.74) is 1.19. The Morgan fingerprint density at radius 2 is 1.94 bits per heavy atom. The molecule has 0 aliphatic carbocycles. The number of halogens is 1. The van der Waals surface area contributed by atoms with Crippen LogP contribution in [-0.2, 0) is 4.74 Å². The first-order valence-corrected chi connectivity index (χ1v) is 6.64. The minimum absolute atomic E-state index is 0.235. The minimum atomic E-state index is -0.454. The maximum absolute atomic E-state index is 9.80. The average molecular weight is 272 g/mol. The largest absolute Gasteiger partial charge is 0.389 e. The van der Waals surface area contributed by atoms with Crippen molar-refractivity contribution in [3.8, 4) is 0 Å². The standard InChI is InChI=1S/C14H22ClNO2/c1-4-18-10-14(17)9-16(3)11(2)12-5-7-13(15)8-6-12/h5-8,11,14,17H,4,9-10H2,1-3H3. The van der Waals surface area contributed by atoms with E-state index in [9.17, 15) is 5.11 Å². The second-order valence-corrected chi connectivity index (χ2v) is 4.92. The maximum atomic E-state index is 9.80. The number of aliphatic hydroxyl groups excluding tert-OH is 1. The van der Waals surface area contributed by atoms with Crippen molar-refractivity contribution < 1.29 is 9.84 Å². The van der Waals surface area contributed by atoms with Gasteiger partial charge in [-0.2, -0.15) is 0 Å². The van der Waals surface area contributed by atoms with E-state index < -0.39 is 6.10 Å². The van der Waals surface area contributed by atoms with E-state index in [0.717, 1.165) is 5.02 Å². The monoisotopic (exact) mass is 271 g/mol. The molecule has 1 aromatic carbocycles. The molecule has 0 bridgehead atoms. The van der Waals surface area contributed by atoms with Gasteiger partial charge in [-0.05, 0) is 38.6 Å². The van der Waals surface area contributed by atoms with Gasteiger partial charge in [0.05, 0.1) is 12.7 Å². The lowest BCUT2D eigenvalue weighted by atomic mass is 10.1. The predicted octanol–water partition coefficient (Wildman–Crippen LogP) is 2.73. The molecule has 1 N–H and O–H groups in total. The average Bonchev–Trinajstić information content (AvgIpc) is 2.36. The van der Waals surface area contributed by atoms with Crippen molar-refractivity contribution >= 4 is 11.6 Å². The van der Waals surface area contributed by atoms with Crippen LogP contribution in [0.1, 0.15) is 25.5 Å². The number of hydrogen-bond acceptors (Lipinski definition) is 3. The summed E-state index contributed by atoms with van der Waals surface area (Å²) in [6.45, 7) is 5.63. The Hall–Kier alpha value is -0.610. The molecular formula is C14H22ClNO2. The Kier molecular flexibility index (Phi) is 6.65. The number of benzene rings is 1. The molecule has 4 heteroatoms. The van der Waals surface area contributed by atoms with Crippen LogP contribution in [0.25, 0.3) is 0 Å². The van der Waals surface area contributed by atoms with Gasteiger partial charge in [0.15, 0.2) is 0 Å². The van der Waals surface area contributed by atoms with Gasteiger partial charge in [0.2, 0.25) is 0 Å². The highest BCUT2D eigenvalue weighted by Crippen LogP contribution is 2.20. The Bertz CT molecular complexity index is 342. The third-order valence-corrected chi connectivity index (χ3v) is 3.28. The molecule has 0 saturated carbocycles. The van der Waals surface area contributed by atoms with Crippen molar-refractivity contribution in [2.24, 2.45) is 0 Å². The molecule has 18 heavy (non-hydrogen) atoms. The molecule has 1 aromatic rings. The first kappa shape index (κ1) is 15.4. The second kappa shape index (κ2) is 7.74. The molecule has 0 amide bonds. The Labute approximate surface area is 114 Å². The highest BCUT2D eigenvalue weighted by molar-refractivity contribution is 6.30. The highest BCUT2D eigenvalue weighted by Gasteiger charge is 2.15. The minimum Gasteiger partial charge on any atom is -0.389 e. The zero-order chi connectivity index (χ0) is 13.5. The molecule has 3 nitrogen and oxygen atoms in total. The van der Waals surface area contributed by atoms with Crippen molar-refractivity contribution in [1.29, 1.82) is 0 Å². The lowest BCUT2D eigenvalue weighted by Crippen LogP contribution is -2.34. The van der Waals surface area contributed by atoms with E-state index in [1.807, 2.05) is 38.2 Å². The van der Waals surface area contributed by atoms with Crippen LogP contribution in [0.5, 0.6) is 0 Å². The summed E-state index contributed by atoms with van der Waals surface area (Å²) in [5, 5.41) is 10.5. The van der Waals surface area contributed by atoms with E-state index in [0.29, 0.717) is 19.8 Å². The number of rotatable bonds is 7. The molecule has 0 radical (unpaired) electrons. The Morgan fingerprint density at radius 1 is 1.33 bits per heavy atom. The van der Waals surface area contributed by atoms with E-state index in [4.69, 9.17) is 16.3 Å². The summed E-state index contributed by atoms with van der Waals surface area (Å²) in [6, 6.07) is 8.03. The van der Waals surface area contributed by atoms with Gasteiger partial charge in [-0.15, -0.1) is 0 Å². The fraction of sp³-hybridized carbons (Fsp3) is 0.571. The number of likely N-dealkylation sites (N-methyl/N-ethyl adjacent to an activating group) is 1. The Balaban J connectivity index is 2.50. The molecule has 0 saturated heterocycles. The van der Waals surface area contributed by atoms with Crippen LogP contribution < -0.4 is 0 Å². The Morgan fingerprint density at radius 3 is 2.50 bits per heavy atom. The molecular weight excluding hydrogens is 250 g/mol. The van der Waals surface area contributed by atoms with Crippen molar-refractivity contribution in [2.75, 3.05) is 26.8 Å². The SMILES string of the molecule is CCOCC(O)CN(C)C(C)c1ccc(Cl)cc1. The van der Waals surface area contributed by atoms with E-state index >= 15 is 0 Å². The second-order valence-electron chi connectivity index (χ2n) is 4.48. The van der Waals surface area contributed by atoms with Crippen LogP contribution >= 0.6 is 11.6 Å². The zero-order valence-corrected chi connectivity index (χ0v) is 12.0. The topological polar surface area (TPSA) is 32.7 Å². The maximum Gasteiger partial charge on any atom is 0.0900 e. The molecule has 0 spiro atoms. The molecule has 0 aliphatic heterocycles. The van der Waals surface area contributed by atoms with Crippen LogP contribution in [0.4, 0.5) is 0 Å². The molecule has 0 heterocycles. The van der Waals surface area contributed by atoms with Gasteiger partial charge < -0.3 is 9.84 Å². The van der Waals surface area contributed by atoms with Crippen LogP contribution in [-0.4, -0.2) is 42.9 Å². The first-order chi connectivity index (χ1) is 8.54. The summed E-state index contributed by atoms with van der Waals surface area (Å²) in [6.07, 6.45) is -0.454. The predicted molar refractivity (Wildman–Crippen MR) is 75.0 cm³/mol. The fourth-order valence-electron chi connectivity index (χ4n) is 1.79. The lowest BCUT2D eigenvalue weighted by molar-refractivity contribution is 0.0195. The van der Waals surface area contributed by atoms with E-state index in [-0.39, 0.29) is 6.04 Å². The first-order valence-electron chi connectivity index (χ1n) is 6.26. The van der Waals surface area contributed by atoms with E-state index in [2.05, 4.69) is 11.8 Å². The molecule has 0 aromatic heterocycles. The van der Waals surface area contributed by atoms with Crippen molar-refractivity contribution in [2.45, 2.75) is 26.0 Å². The van der Waals surface area contributed by atoms with Gasteiger partial charge in [0.25, 0.3) is 0 Å². The summed E-state index contributed by atoms with van der Waals surface area (Å²) < 4.78 is 5.20. The summed E-state index contributed by atoms with van der Waals surface area (Å²) in [5.74, 6) is 0. The van der Waals surface area contributed by atoms with E-state index in [1.54, 1.807) is 0 Å². The summed E-state index contributed by atoms with van der Waals surface area (Å²) in [7, 11) is 1.99. The normalized spacial score (nSPS) is 14.8. The van der Waals surface area contributed by atoms with Crippen molar-refractivity contribution in [3.63, 3.8) is 0 Å². The molecule has 2 atom stereocenters. The van der Waals surface area contributed by atoms with Crippen LogP contribution in [0.3, 0.4) is 0 Å². The number of nitrogens with zero attached hydrogens (tertiary/aromatic N) is 1. The van der Waals surface area contributed by atoms with Crippen molar-refractivity contribution in [3.05, 3.63) is 34.9 Å². The third kappa shape index (κ3) is 4.94. The zero-order valence-electron chi connectivity index (χ0n) is 11.3. The number of hydrogen-bond donors (Lipinski definition) is 1. The molecule has 2 unspecified atom stereocenters. The summed E-state index contributed by atoms with van der Waals surface area (Å²) >= 11 is 5.87. The number of ether oxygens (including phenoxy) is 1. The molecule has 102 valence electrons. The lowest BCUT2D eigenvalue weighted by Gasteiger charge is -2.27. The van der Waals surface area contributed by atoms with Gasteiger partial charge in [-0.1, -0.05) is 23.7 Å². The van der Waals surface area contributed by atoms with Crippen LogP contribution in [0.15, 0.2) is 24.3 Å². The molecule has 0 fully saturated rings. The van der Waals surface area contributed by atoms with Gasteiger partial charge in [0.1, 0.15) is 0 Å². The van der Waals surface area contributed by atoms with Crippen LogP contribution in [0, 0.1) is 0 Å². The van der Waals surface area contributed by atoms with Crippen LogP contribution in [0.2, 0.25) is 5.02 Å². The fourth-order valence-corrected chi connectivity index (χ4v) is 1.92. The van der Waals surface area contributed by atoms with Gasteiger partial charge in [-0.3, -0.25) is 4.90 Å². The smallest absolute Gasteiger partial charge is 0.0900 e. The van der Waals surface area contributed by atoms with Gasteiger partial charge in [0, 0.05) is 24.2 Å². The third-order valence-electron chi connectivity index (χ3n) is 3.03. The molecule has 1 rings (SSSR count). The summed E-state index contributed by atoms with van der Waals surface area (Å²) in [4.78, 5) is 2.10. The quantitative estimate of drug-likeness (QED) is 0.828. The molecule has 0 aliphatic rings. The van der Waals surface area contributed by atoms with E-state index in [1.165, 1.54) is 5.56 Å². The van der Waals surface area contributed by atoms with Gasteiger partial charge in [-0.25, -0.2) is 0 Å². The number of aliphatic hydroxyl groups is 1. The van der Waals surface area contributed by atoms with Crippen molar-refractivity contribution in [1.82, 2.24) is 4.90 Å².